The molecule has 1 aliphatic heterocycles. The molecule has 1 aliphatic rings. The van der Waals surface area contributed by atoms with Crippen molar-refractivity contribution in [1.29, 1.82) is 5.26 Å². The number of hydrogen-bond acceptors (Lipinski definition) is 3. The Labute approximate surface area is 126 Å². The summed E-state index contributed by atoms with van der Waals surface area (Å²) in [5.41, 5.74) is 1.26. The Balaban J connectivity index is 0.00000200. The fraction of sp³-hybridized carbons (Fsp3) is 0.467. The van der Waals surface area contributed by atoms with E-state index >= 15 is 0 Å². The molecule has 0 aromatic heterocycles. The maximum atomic E-state index is 12.3. The molecule has 0 aliphatic carbocycles. The molecule has 1 aromatic rings. The topological polar surface area (TPSA) is 56.1 Å². The molecule has 1 saturated heterocycles. The molecule has 5 heteroatoms. The van der Waals surface area contributed by atoms with Gasteiger partial charge in [0, 0.05) is 18.7 Å². The van der Waals surface area contributed by atoms with E-state index in [1.807, 2.05) is 11.9 Å². The van der Waals surface area contributed by atoms with Gasteiger partial charge in [-0.05, 0) is 56.6 Å². The van der Waals surface area contributed by atoms with Gasteiger partial charge in [-0.25, -0.2) is 0 Å². The Bertz CT molecular complexity index is 473. The highest BCUT2D eigenvalue weighted by Gasteiger charge is 2.23. The van der Waals surface area contributed by atoms with Crippen LogP contribution in [-0.4, -0.2) is 37.5 Å². The molecular weight excluding hydrogens is 274 g/mol. The minimum Gasteiger partial charge on any atom is -0.339 e. The molecule has 2 rings (SSSR count). The summed E-state index contributed by atoms with van der Waals surface area (Å²) in [6.07, 6.45) is 2.12. The molecular formula is C15H20ClN3O. The van der Waals surface area contributed by atoms with Crippen molar-refractivity contribution >= 4 is 18.3 Å². The van der Waals surface area contributed by atoms with Gasteiger partial charge in [0.1, 0.15) is 0 Å². The van der Waals surface area contributed by atoms with Gasteiger partial charge >= 0.3 is 0 Å². The Morgan fingerprint density at radius 2 is 1.95 bits per heavy atom. The van der Waals surface area contributed by atoms with Gasteiger partial charge in [0.2, 0.25) is 0 Å². The molecule has 1 heterocycles. The van der Waals surface area contributed by atoms with Crippen LogP contribution in [0.25, 0.3) is 0 Å². The number of carbonyl (C=O) groups excluding carboxylic acids is 1. The number of nitrogens with one attached hydrogen (secondary N) is 1. The van der Waals surface area contributed by atoms with Crippen LogP contribution in [0, 0.1) is 17.2 Å². The number of benzene rings is 1. The van der Waals surface area contributed by atoms with Gasteiger partial charge in [0.25, 0.3) is 5.91 Å². The minimum absolute atomic E-state index is 0. The van der Waals surface area contributed by atoms with Crippen molar-refractivity contribution in [2.24, 2.45) is 5.92 Å². The van der Waals surface area contributed by atoms with E-state index in [2.05, 4.69) is 11.4 Å². The van der Waals surface area contributed by atoms with Crippen LogP contribution in [0.4, 0.5) is 0 Å². The molecule has 1 N–H and O–H groups in total. The van der Waals surface area contributed by atoms with Gasteiger partial charge in [-0.2, -0.15) is 5.26 Å². The summed E-state index contributed by atoms with van der Waals surface area (Å²) in [5.74, 6) is 0.752. The number of nitrogens with zero attached hydrogens (tertiary/aromatic N) is 2. The van der Waals surface area contributed by atoms with E-state index < -0.39 is 0 Å². The third kappa shape index (κ3) is 3.96. The number of likely N-dealkylation sites (tertiary alicyclic amines) is 1. The Morgan fingerprint density at radius 3 is 2.45 bits per heavy atom. The van der Waals surface area contributed by atoms with Crippen molar-refractivity contribution in [2.45, 2.75) is 12.8 Å². The van der Waals surface area contributed by atoms with Crippen molar-refractivity contribution in [2.75, 3.05) is 26.7 Å². The van der Waals surface area contributed by atoms with Crippen LogP contribution in [0.1, 0.15) is 28.8 Å². The first-order chi connectivity index (χ1) is 9.24. The molecule has 1 amide bonds. The summed E-state index contributed by atoms with van der Waals surface area (Å²) in [5, 5.41) is 11.9. The lowest BCUT2D eigenvalue weighted by Gasteiger charge is -2.32. The quantitative estimate of drug-likeness (QED) is 0.928. The zero-order valence-electron chi connectivity index (χ0n) is 11.6. The average molecular weight is 294 g/mol. The standard InChI is InChI=1S/C15H19N3O.ClH/c1-17-11-13-6-8-18(9-7-13)15(19)14-4-2-12(10-16)3-5-14;/h2-5,13,17H,6-9,11H2,1H3;1H. The molecule has 0 bridgehead atoms. The smallest absolute Gasteiger partial charge is 0.253 e. The highest BCUT2D eigenvalue weighted by Crippen LogP contribution is 2.18. The first-order valence-electron chi connectivity index (χ1n) is 6.68. The molecule has 0 radical (unpaired) electrons. The van der Waals surface area contributed by atoms with Crippen LogP contribution in [0.5, 0.6) is 0 Å². The third-order valence-electron chi connectivity index (χ3n) is 3.66. The normalized spacial score (nSPS) is 15.3. The van der Waals surface area contributed by atoms with Crippen molar-refractivity contribution < 1.29 is 4.79 Å². The highest BCUT2D eigenvalue weighted by molar-refractivity contribution is 5.94. The molecule has 0 saturated carbocycles. The van der Waals surface area contributed by atoms with E-state index in [1.165, 1.54) is 0 Å². The van der Waals surface area contributed by atoms with E-state index in [0.29, 0.717) is 17.0 Å². The molecule has 0 atom stereocenters. The summed E-state index contributed by atoms with van der Waals surface area (Å²) in [7, 11) is 1.97. The zero-order chi connectivity index (χ0) is 13.7. The van der Waals surface area contributed by atoms with Crippen LogP contribution in [-0.2, 0) is 0 Å². The number of halogens is 1. The summed E-state index contributed by atoms with van der Waals surface area (Å²) < 4.78 is 0. The summed E-state index contributed by atoms with van der Waals surface area (Å²) in [6.45, 7) is 2.68. The lowest BCUT2D eigenvalue weighted by atomic mass is 9.96. The SMILES string of the molecule is CNCC1CCN(C(=O)c2ccc(C#N)cc2)CC1.Cl. The number of nitriles is 1. The number of hydrogen-bond donors (Lipinski definition) is 1. The number of piperidine rings is 1. The maximum absolute atomic E-state index is 12.3. The van der Waals surface area contributed by atoms with Crippen LogP contribution in [0.15, 0.2) is 24.3 Å². The molecule has 1 fully saturated rings. The Morgan fingerprint density at radius 1 is 1.35 bits per heavy atom. The van der Waals surface area contributed by atoms with Gasteiger partial charge in [-0.3, -0.25) is 4.79 Å². The summed E-state index contributed by atoms with van der Waals surface area (Å²) >= 11 is 0. The first-order valence-corrected chi connectivity index (χ1v) is 6.68. The summed E-state index contributed by atoms with van der Waals surface area (Å²) in [6, 6.07) is 8.92. The van der Waals surface area contributed by atoms with Crippen molar-refractivity contribution in [3.8, 4) is 6.07 Å². The van der Waals surface area contributed by atoms with E-state index in [1.54, 1.807) is 24.3 Å². The Kier molecular flexibility index (Phi) is 6.50. The van der Waals surface area contributed by atoms with E-state index in [-0.39, 0.29) is 18.3 Å². The fourth-order valence-corrected chi connectivity index (χ4v) is 2.50. The largest absolute Gasteiger partial charge is 0.339 e. The van der Waals surface area contributed by atoms with Crippen LogP contribution in [0.3, 0.4) is 0 Å². The molecule has 4 nitrogen and oxygen atoms in total. The van der Waals surface area contributed by atoms with Gasteiger partial charge in [-0.15, -0.1) is 12.4 Å². The van der Waals surface area contributed by atoms with Gasteiger partial charge < -0.3 is 10.2 Å². The minimum atomic E-state index is 0. The predicted octanol–water partition coefficient (Wildman–Crippen LogP) is 2.05. The number of amides is 1. The molecule has 0 spiro atoms. The number of carbonyl (C=O) groups is 1. The second-order valence-corrected chi connectivity index (χ2v) is 4.98. The average Bonchev–Trinajstić information content (AvgIpc) is 2.48. The lowest BCUT2D eigenvalue weighted by Crippen LogP contribution is -2.40. The van der Waals surface area contributed by atoms with Crippen molar-refractivity contribution in [3.05, 3.63) is 35.4 Å². The monoisotopic (exact) mass is 293 g/mol. The molecule has 108 valence electrons. The Hall–Kier alpha value is -1.57. The van der Waals surface area contributed by atoms with Gasteiger partial charge in [0.05, 0.1) is 11.6 Å². The van der Waals surface area contributed by atoms with Crippen molar-refractivity contribution in [3.63, 3.8) is 0 Å². The van der Waals surface area contributed by atoms with Crippen LogP contribution in [0.2, 0.25) is 0 Å². The predicted molar refractivity (Wildman–Crippen MR) is 81.0 cm³/mol. The highest BCUT2D eigenvalue weighted by atomic mass is 35.5. The lowest BCUT2D eigenvalue weighted by molar-refractivity contribution is 0.0691. The van der Waals surface area contributed by atoms with E-state index in [4.69, 9.17) is 5.26 Å². The maximum Gasteiger partial charge on any atom is 0.253 e. The molecule has 20 heavy (non-hydrogen) atoms. The van der Waals surface area contributed by atoms with Crippen molar-refractivity contribution in [1.82, 2.24) is 10.2 Å². The van der Waals surface area contributed by atoms with Crippen LogP contribution < -0.4 is 5.32 Å². The van der Waals surface area contributed by atoms with Gasteiger partial charge in [0.15, 0.2) is 0 Å². The molecule has 0 unspecified atom stereocenters. The van der Waals surface area contributed by atoms with E-state index in [0.717, 1.165) is 32.5 Å². The second kappa shape index (κ2) is 7.88. The zero-order valence-corrected chi connectivity index (χ0v) is 12.4. The van der Waals surface area contributed by atoms with E-state index in [9.17, 15) is 4.79 Å². The first kappa shape index (κ1) is 16.5. The third-order valence-corrected chi connectivity index (χ3v) is 3.66. The van der Waals surface area contributed by atoms with Crippen LogP contribution >= 0.6 is 12.4 Å². The molecule has 1 aromatic carbocycles. The van der Waals surface area contributed by atoms with Gasteiger partial charge in [-0.1, -0.05) is 0 Å². The fourth-order valence-electron chi connectivity index (χ4n) is 2.50. The second-order valence-electron chi connectivity index (χ2n) is 4.98. The summed E-state index contributed by atoms with van der Waals surface area (Å²) in [4.78, 5) is 14.2. The number of rotatable bonds is 3.